The fraction of sp³-hybridized carbons (Fsp3) is 0.350. The van der Waals surface area contributed by atoms with Crippen LogP contribution < -0.4 is 9.64 Å². The quantitative estimate of drug-likeness (QED) is 0.814. The van der Waals surface area contributed by atoms with Gasteiger partial charge < -0.3 is 19.6 Å². The summed E-state index contributed by atoms with van der Waals surface area (Å²) >= 11 is 1.32. The second-order valence-electron chi connectivity index (χ2n) is 5.87. The molecule has 1 amide bonds. The smallest absolute Gasteiger partial charge is 0.257 e. The van der Waals surface area contributed by atoms with Crippen molar-refractivity contribution >= 4 is 35.8 Å². The molecular formula is C20H25ClN2O3S. The van der Waals surface area contributed by atoms with Crippen LogP contribution in [-0.4, -0.2) is 56.2 Å². The van der Waals surface area contributed by atoms with Gasteiger partial charge >= 0.3 is 0 Å². The molecule has 2 atom stereocenters. The molecule has 2 aromatic rings. The summed E-state index contributed by atoms with van der Waals surface area (Å²) in [5.74, 6) is 0.0175. The van der Waals surface area contributed by atoms with E-state index in [1.54, 1.807) is 55.6 Å². The molecule has 146 valence electrons. The first-order valence-corrected chi connectivity index (χ1v) is 8.98. The molecule has 0 unspecified atom stereocenters. The average molecular weight is 415 g/mol. The number of methoxy groups -OCH3 is 1. The number of thioether (sulfide) groups is 1. The maximum absolute atomic E-state index is 13.3. The molecule has 1 aliphatic rings. The number of ether oxygens (including phenoxy) is 1. The van der Waals surface area contributed by atoms with E-state index in [1.807, 2.05) is 0 Å². The summed E-state index contributed by atoms with van der Waals surface area (Å²) in [6, 6.07) is 14.1. The molecule has 0 spiro atoms. The molecule has 0 saturated heterocycles. The number of amides is 1. The second-order valence-corrected chi connectivity index (χ2v) is 7.05. The molecule has 0 aromatic heterocycles. The lowest BCUT2D eigenvalue weighted by molar-refractivity contribution is -0.126. The number of carbonyl (C=O) groups excluding carboxylic acids is 1. The normalized spacial score (nSPS) is 23.5. The molecule has 0 saturated carbocycles. The van der Waals surface area contributed by atoms with Crippen LogP contribution in [0.1, 0.15) is 19.0 Å². The SMILES string of the molecule is Cl.[2H]C([2H])([2H])N(CCN1C(=O)[C@H](O)[C@H](c2ccc(OC)cc2)Sc2ccccc21)C([2H])([2H])[2H]. The van der Waals surface area contributed by atoms with Crippen molar-refractivity contribution in [2.24, 2.45) is 0 Å². The van der Waals surface area contributed by atoms with Crippen LogP contribution >= 0.6 is 24.2 Å². The lowest BCUT2D eigenvalue weighted by Crippen LogP contribution is -2.43. The Labute approximate surface area is 179 Å². The summed E-state index contributed by atoms with van der Waals surface area (Å²) in [5, 5.41) is 10.3. The zero-order valence-corrected chi connectivity index (χ0v) is 16.3. The first kappa shape index (κ1) is 14.3. The zero-order valence-electron chi connectivity index (χ0n) is 20.7. The molecule has 0 aliphatic carbocycles. The van der Waals surface area contributed by atoms with Crippen LogP contribution in [0.2, 0.25) is 0 Å². The Morgan fingerprint density at radius 1 is 1.22 bits per heavy atom. The molecule has 5 nitrogen and oxygen atoms in total. The zero-order chi connectivity index (χ0) is 23.7. The summed E-state index contributed by atoms with van der Waals surface area (Å²) in [6.45, 7) is -6.35. The highest BCUT2D eigenvalue weighted by molar-refractivity contribution is 7.99. The summed E-state index contributed by atoms with van der Waals surface area (Å²) in [5.41, 5.74) is 1.22. The second kappa shape index (κ2) is 9.46. The van der Waals surface area contributed by atoms with Gasteiger partial charge in [-0.3, -0.25) is 4.79 Å². The van der Waals surface area contributed by atoms with E-state index in [1.165, 1.54) is 16.7 Å². The fourth-order valence-corrected chi connectivity index (χ4v) is 4.13. The van der Waals surface area contributed by atoms with Gasteiger partial charge in [0.25, 0.3) is 5.91 Å². The summed E-state index contributed by atoms with van der Waals surface area (Å²) in [6.07, 6.45) is -1.42. The van der Waals surface area contributed by atoms with E-state index < -0.39 is 37.8 Å². The highest BCUT2D eigenvalue weighted by Gasteiger charge is 2.37. The molecule has 1 N–H and O–H groups in total. The highest BCUT2D eigenvalue weighted by Crippen LogP contribution is 2.45. The molecular weight excluding hydrogens is 384 g/mol. The van der Waals surface area contributed by atoms with Crippen molar-refractivity contribution in [1.82, 2.24) is 4.90 Å². The topological polar surface area (TPSA) is 53.0 Å². The van der Waals surface area contributed by atoms with Gasteiger partial charge in [0, 0.05) is 26.2 Å². The van der Waals surface area contributed by atoms with Gasteiger partial charge in [-0.1, -0.05) is 24.3 Å². The lowest BCUT2D eigenvalue weighted by Gasteiger charge is -2.26. The van der Waals surface area contributed by atoms with Crippen molar-refractivity contribution in [3.05, 3.63) is 54.1 Å². The number of likely N-dealkylation sites (N-methyl/N-ethyl adjacent to an activating group) is 1. The molecule has 0 bridgehead atoms. The van der Waals surface area contributed by atoms with E-state index in [0.717, 1.165) is 5.56 Å². The third kappa shape index (κ3) is 4.76. The minimum absolute atomic E-state index is 0. The van der Waals surface area contributed by atoms with Crippen molar-refractivity contribution in [3.63, 3.8) is 0 Å². The Morgan fingerprint density at radius 3 is 2.59 bits per heavy atom. The predicted molar refractivity (Wildman–Crippen MR) is 112 cm³/mol. The van der Waals surface area contributed by atoms with E-state index in [0.29, 0.717) is 21.2 Å². The van der Waals surface area contributed by atoms with Crippen molar-refractivity contribution < 1.29 is 22.9 Å². The fourth-order valence-electron chi connectivity index (χ4n) is 2.86. The summed E-state index contributed by atoms with van der Waals surface area (Å²) in [7, 11) is 1.55. The number of nitrogens with zero attached hydrogens (tertiary/aromatic N) is 2. The highest BCUT2D eigenvalue weighted by atomic mass is 35.5. The molecule has 1 heterocycles. The van der Waals surface area contributed by atoms with Crippen LogP contribution in [-0.2, 0) is 4.79 Å². The number of anilines is 1. The van der Waals surface area contributed by atoms with Gasteiger partial charge in [0.2, 0.25) is 0 Å². The maximum atomic E-state index is 13.3. The number of halogens is 1. The molecule has 2 aromatic carbocycles. The molecule has 7 heteroatoms. The standard InChI is InChI=1S/C20H24N2O3S.ClH/c1-21(2)12-13-22-16-6-4-5-7-17(16)26-19(18(23)20(22)24)14-8-10-15(25-3)11-9-14;/h4-11,18-19,23H,12-13H2,1-3H3;1H/t18-,19+;/m1./s1/i1D3,2D3;. The summed E-state index contributed by atoms with van der Waals surface area (Å²) < 4.78 is 50.5. The molecule has 1 aliphatic heterocycles. The average Bonchev–Trinajstić information content (AvgIpc) is 2.82. The van der Waals surface area contributed by atoms with Gasteiger partial charge in [0.05, 0.1) is 18.0 Å². The number of hydrogen-bond donors (Lipinski definition) is 1. The van der Waals surface area contributed by atoms with Gasteiger partial charge in [-0.25, -0.2) is 0 Å². The van der Waals surface area contributed by atoms with Crippen LogP contribution in [0.5, 0.6) is 5.75 Å². The van der Waals surface area contributed by atoms with Crippen LogP contribution in [0.3, 0.4) is 0 Å². The van der Waals surface area contributed by atoms with Crippen molar-refractivity contribution in [1.29, 1.82) is 0 Å². The minimum atomic E-state index is -2.86. The Kier molecular flexibility index (Phi) is 5.01. The van der Waals surface area contributed by atoms with E-state index >= 15 is 0 Å². The number of para-hydroxylation sites is 1. The molecule has 3 rings (SSSR count). The largest absolute Gasteiger partial charge is 0.497 e. The van der Waals surface area contributed by atoms with Crippen molar-refractivity contribution in [2.45, 2.75) is 16.2 Å². The first-order valence-electron chi connectivity index (χ1n) is 11.1. The van der Waals surface area contributed by atoms with Gasteiger partial charge in [-0.05, 0) is 43.8 Å². The number of carbonyl (C=O) groups is 1. The van der Waals surface area contributed by atoms with Crippen molar-refractivity contribution in [2.75, 3.05) is 39.1 Å². The summed E-state index contributed by atoms with van der Waals surface area (Å²) in [4.78, 5) is 15.6. The molecule has 27 heavy (non-hydrogen) atoms. The first-order chi connectivity index (χ1) is 14.9. The van der Waals surface area contributed by atoms with Crippen molar-refractivity contribution in [3.8, 4) is 5.75 Å². The monoisotopic (exact) mass is 414 g/mol. The van der Waals surface area contributed by atoms with E-state index in [4.69, 9.17) is 13.0 Å². The van der Waals surface area contributed by atoms with Crippen LogP contribution in [0.15, 0.2) is 53.4 Å². The predicted octanol–water partition coefficient (Wildman–Crippen LogP) is 3.22. The number of aliphatic hydroxyl groups is 1. The van der Waals surface area contributed by atoms with E-state index in [-0.39, 0.29) is 19.0 Å². The van der Waals surface area contributed by atoms with Gasteiger partial charge in [0.1, 0.15) is 11.9 Å². The van der Waals surface area contributed by atoms with E-state index in [9.17, 15) is 9.90 Å². The van der Waals surface area contributed by atoms with E-state index in [2.05, 4.69) is 0 Å². The van der Waals surface area contributed by atoms with Gasteiger partial charge in [0.15, 0.2) is 0 Å². The van der Waals surface area contributed by atoms with Gasteiger partial charge in [-0.2, -0.15) is 0 Å². The lowest BCUT2D eigenvalue weighted by atomic mass is 10.1. The number of hydrogen-bond acceptors (Lipinski definition) is 5. The number of aliphatic hydroxyl groups excluding tert-OH is 1. The Bertz CT molecular complexity index is 944. The van der Waals surface area contributed by atoms with Gasteiger partial charge in [-0.15, -0.1) is 24.2 Å². The number of fused-ring (bicyclic) bond motifs is 1. The van der Waals surface area contributed by atoms with Crippen LogP contribution in [0, 0.1) is 0 Å². The Hall–Kier alpha value is -1.73. The molecule has 0 fully saturated rings. The molecule has 0 radical (unpaired) electrons. The minimum Gasteiger partial charge on any atom is -0.497 e. The third-order valence-corrected chi connectivity index (χ3v) is 5.59. The third-order valence-electron chi connectivity index (χ3n) is 4.21. The maximum Gasteiger partial charge on any atom is 0.257 e. The number of benzene rings is 2. The Morgan fingerprint density at radius 2 is 1.93 bits per heavy atom. The van der Waals surface area contributed by atoms with Crippen LogP contribution in [0.4, 0.5) is 5.69 Å². The number of rotatable bonds is 5. The Balaban J connectivity index is 0.00000385. The van der Waals surface area contributed by atoms with Crippen LogP contribution in [0.25, 0.3) is 0 Å².